The molecular weight excluding hydrogens is 258 g/mol. The van der Waals surface area contributed by atoms with Crippen LogP contribution in [0, 0.1) is 0 Å². The maximum atomic E-state index is 11.3. The molecule has 5 heteroatoms. The lowest BCUT2D eigenvalue weighted by atomic mass is 10.3. The van der Waals surface area contributed by atoms with E-state index in [2.05, 4.69) is 25.9 Å². The average molecular weight is 266 g/mol. The van der Waals surface area contributed by atoms with Crippen molar-refractivity contribution in [3.05, 3.63) is 57.4 Å². The zero-order chi connectivity index (χ0) is 10.7. The summed E-state index contributed by atoms with van der Waals surface area (Å²) < 4.78 is 2.43. The van der Waals surface area contributed by atoms with Crippen LogP contribution >= 0.6 is 15.9 Å². The molecule has 0 radical (unpaired) electrons. The van der Waals surface area contributed by atoms with E-state index in [1.54, 1.807) is 24.7 Å². The summed E-state index contributed by atoms with van der Waals surface area (Å²) in [6.45, 7) is 0.485. The average Bonchev–Trinajstić information content (AvgIpc) is 2.22. The van der Waals surface area contributed by atoms with Gasteiger partial charge in [0.15, 0.2) is 0 Å². The quantitative estimate of drug-likeness (QED) is 0.826. The Labute approximate surface area is 94.8 Å². The lowest BCUT2D eigenvalue weighted by Crippen LogP contribution is -2.21. The van der Waals surface area contributed by atoms with Crippen LogP contribution in [0.2, 0.25) is 0 Å². The SMILES string of the molecule is O=c1ncccn1Cc1cncc(Br)c1. The molecule has 0 aliphatic heterocycles. The third-order valence-corrected chi connectivity index (χ3v) is 2.33. The van der Waals surface area contributed by atoms with Gasteiger partial charge in [-0.2, -0.15) is 0 Å². The molecule has 2 heterocycles. The van der Waals surface area contributed by atoms with Gasteiger partial charge in [0, 0.05) is 29.3 Å². The molecule has 0 aromatic carbocycles. The number of rotatable bonds is 2. The van der Waals surface area contributed by atoms with Crippen LogP contribution in [0.1, 0.15) is 5.56 Å². The number of hydrogen-bond acceptors (Lipinski definition) is 3. The largest absolute Gasteiger partial charge is 0.347 e. The van der Waals surface area contributed by atoms with Gasteiger partial charge in [-0.05, 0) is 33.6 Å². The fourth-order valence-electron chi connectivity index (χ4n) is 1.25. The minimum atomic E-state index is -0.252. The van der Waals surface area contributed by atoms with Gasteiger partial charge in [-0.1, -0.05) is 0 Å². The van der Waals surface area contributed by atoms with Crippen molar-refractivity contribution in [1.82, 2.24) is 14.5 Å². The van der Waals surface area contributed by atoms with E-state index in [-0.39, 0.29) is 5.69 Å². The zero-order valence-electron chi connectivity index (χ0n) is 7.80. The molecule has 4 nitrogen and oxygen atoms in total. The third-order valence-electron chi connectivity index (χ3n) is 1.90. The molecule has 0 bridgehead atoms. The topological polar surface area (TPSA) is 47.8 Å². The lowest BCUT2D eigenvalue weighted by molar-refractivity contribution is 0.724. The van der Waals surface area contributed by atoms with Crippen LogP contribution in [0.3, 0.4) is 0 Å². The maximum Gasteiger partial charge on any atom is 0.347 e. The molecule has 2 aromatic heterocycles. The Hall–Kier alpha value is -1.49. The molecule has 0 atom stereocenters. The van der Waals surface area contributed by atoms with Crippen LogP contribution in [-0.2, 0) is 6.54 Å². The van der Waals surface area contributed by atoms with Crippen LogP contribution in [0.25, 0.3) is 0 Å². The summed E-state index contributed by atoms with van der Waals surface area (Å²) in [6.07, 6.45) is 6.62. The van der Waals surface area contributed by atoms with Gasteiger partial charge >= 0.3 is 5.69 Å². The fourth-order valence-corrected chi connectivity index (χ4v) is 1.66. The van der Waals surface area contributed by atoms with Gasteiger partial charge in [-0.15, -0.1) is 0 Å². The highest BCUT2D eigenvalue weighted by molar-refractivity contribution is 9.10. The molecule has 0 amide bonds. The van der Waals surface area contributed by atoms with E-state index in [1.165, 1.54) is 10.8 Å². The normalized spacial score (nSPS) is 10.2. The fraction of sp³-hybridized carbons (Fsp3) is 0.100. The summed E-state index contributed by atoms with van der Waals surface area (Å²) in [4.78, 5) is 19.0. The van der Waals surface area contributed by atoms with E-state index >= 15 is 0 Å². The molecule has 0 N–H and O–H groups in total. The van der Waals surface area contributed by atoms with Crippen LogP contribution in [0.4, 0.5) is 0 Å². The molecule has 0 saturated heterocycles. The number of hydrogen-bond donors (Lipinski definition) is 0. The van der Waals surface area contributed by atoms with Gasteiger partial charge < -0.3 is 0 Å². The van der Waals surface area contributed by atoms with E-state index in [1.807, 2.05) is 6.07 Å². The van der Waals surface area contributed by atoms with E-state index in [0.717, 1.165) is 10.0 Å². The highest BCUT2D eigenvalue weighted by Gasteiger charge is 1.98. The molecule has 0 fully saturated rings. The summed E-state index contributed by atoms with van der Waals surface area (Å²) >= 11 is 3.33. The van der Waals surface area contributed by atoms with Crippen molar-refractivity contribution in [2.24, 2.45) is 0 Å². The smallest absolute Gasteiger partial charge is 0.295 e. The molecule has 15 heavy (non-hydrogen) atoms. The zero-order valence-corrected chi connectivity index (χ0v) is 9.39. The standard InChI is InChI=1S/C10H8BrN3O/c11-9-4-8(5-12-6-9)7-14-3-1-2-13-10(14)15/h1-6H,7H2. The molecule has 2 aromatic rings. The van der Waals surface area contributed by atoms with Gasteiger partial charge in [0.1, 0.15) is 0 Å². The third kappa shape index (κ3) is 2.50. The second-order valence-corrected chi connectivity index (χ2v) is 3.96. The number of pyridine rings is 1. The molecule has 0 aliphatic carbocycles. The van der Waals surface area contributed by atoms with Crippen LogP contribution in [0.15, 0.2) is 46.2 Å². The first kappa shape index (κ1) is 10.0. The molecular formula is C10H8BrN3O. The van der Waals surface area contributed by atoms with Gasteiger partial charge in [-0.25, -0.2) is 9.78 Å². The predicted octanol–water partition coefficient (Wildman–Crippen LogP) is 1.45. The van der Waals surface area contributed by atoms with E-state index in [9.17, 15) is 4.79 Å². The van der Waals surface area contributed by atoms with Gasteiger partial charge in [-0.3, -0.25) is 9.55 Å². The summed E-state index contributed by atoms with van der Waals surface area (Å²) in [6, 6.07) is 3.65. The molecule has 0 aliphatic rings. The Morgan fingerprint density at radius 2 is 2.27 bits per heavy atom. The van der Waals surface area contributed by atoms with Crippen molar-refractivity contribution in [1.29, 1.82) is 0 Å². The van der Waals surface area contributed by atoms with Crippen LogP contribution in [0.5, 0.6) is 0 Å². The van der Waals surface area contributed by atoms with Crippen LogP contribution in [-0.4, -0.2) is 14.5 Å². The van der Waals surface area contributed by atoms with Crippen molar-refractivity contribution < 1.29 is 0 Å². The molecule has 0 spiro atoms. The van der Waals surface area contributed by atoms with Gasteiger partial charge in [0.2, 0.25) is 0 Å². The summed E-state index contributed by atoms with van der Waals surface area (Å²) in [5.41, 5.74) is 0.706. The predicted molar refractivity (Wildman–Crippen MR) is 59.5 cm³/mol. The van der Waals surface area contributed by atoms with Crippen molar-refractivity contribution >= 4 is 15.9 Å². The Morgan fingerprint density at radius 3 is 3.00 bits per heavy atom. The summed E-state index contributed by atoms with van der Waals surface area (Å²) in [5.74, 6) is 0. The number of halogens is 1. The Kier molecular flexibility index (Phi) is 2.91. The van der Waals surface area contributed by atoms with E-state index in [0.29, 0.717) is 6.54 Å². The van der Waals surface area contributed by atoms with Gasteiger partial charge in [0.05, 0.1) is 6.54 Å². The Morgan fingerprint density at radius 1 is 1.40 bits per heavy atom. The van der Waals surface area contributed by atoms with Crippen molar-refractivity contribution in [2.45, 2.75) is 6.54 Å². The van der Waals surface area contributed by atoms with Crippen molar-refractivity contribution in [3.8, 4) is 0 Å². The lowest BCUT2D eigenvalue weighted by Gasteiger charge is -2.03. The first-order chi connectivity index (χ1) is 7.25. The summed E-state index contributed by atoms with van der Waals surface area (Å²) in [5, 5.41) is 0. The van der Waals surface area contributed by atoms with Crippen molar-refractivity contribution in [2.75, 3.05) is 0 Å². The van der Waals surface area contributed by atoms with Crippen LogP contribution < -0.4 is 5.69 Å². The van der Waals surface area contributed by atoms with E-state index < -0.39 is 0 Å². The number of nitrogens with zero attached hydrogens (tertiary/aromatic N) is 3. The maximum absolute atomic E-state index is 11.3. The van der Waals surface area contributed by atoms with Gasteiger partial charge in [0.25, 0.3) is 0 Å². The minimum absolute atomic E-state index is 0.252. The Bertz CT molecular complexity index is 524. The highest BCUT2D eigenvalue weighted by atomic mass is 79.9. The minimum Gasteiger partial charge on any atom is -0.295 e. The highest BCUT2D eigenvalue weighted by Crippen LogP contribution is 2.09. The summed E-state index contributed by atoms with van der Waals surface area (Å²) in [7, 11) is 0. The van der Waals surface area contributed by atoms with Crippen molar-refractivity contribution in [3.63, 3.8) is 0 Å². The molecule has 0 unspecified atom stereocenters. The first-order valence-electron chi connectivity index (χ1n) is 4.36. The molecule has 76 valence electrons. The molecule has 2 rings (SSSR count). The second-order valence-electron chi connectivity index (χ2n) is 3.04. The second kappa shape index (κ2) is 4.35. The molecule has 0 saturated carbocycles. The first-order valence-corrected chi connectivity index (χ1v) is 5.16. The Balaban J connectivity index is 2.30. The monoisotopic (exact) mass is 265 g/mol. The number of aromatic nitrogens is 3. The van der Waals surface area contributed by atoms with E-state index in [4.69, 9.17) is 0 Å².